The zero-order valence-corrected chi connectivity index (χ0v) is 10.5. The molecule has 0 radical (unpaired) electrons. The van der Waals surface area contributed by atoms with Gasteiger partial charge in [0.1, 0.15) is 0 Å². The minimum absolute atomic E-state index is 0.161. The van der Waals surface area contributed by atoms with Gasteiger partial charge in [-0.2, -0.15) is 0 Å². The van der Waals surface area contributed by atoms with Gasteiger partial charge in [-0.3, -0.25) is 0 Å². The Bertz CT molecular complexity index is 297. The molecule has 2 N–H and O–H groups in total. The lowest BCUT2D eigenvalue weighted by atomic mass is 9.93. The van der Waals surface area contributed by atoms with E-state index in [-0.39, 0.29) is 12.1 Å². The summed E-state index contributed by atoms with van der Waals surface area (Å²) in [4.78, 5) is 0. The highest BCUT2D eigenvalue weighted by Crippen LogP contribution is 2.13. The third kappa shape index (κ3) is 4.33. The van der Waals surface area contributed by atoms with Crippen molar-refractivity contribution in [1.82, 2.24) is 5.32 Å². The van der Waals surface area contributed by atoms with E-state index < -0.39 is 0 Å². The molecule has 0 amide bonds. The minimum atomic E-state index is -0.217. The first-order valence-electron chi connectivity index (χ1n) is 5.95. The van der Waals surface area contributed by atoms with Crippen molar-refractivity contribution in [1.29, 1.82) is 0 Å². The van der Waals surface area contributed by atoms with Gasteiger partial charge in [-0.15, -0.1) is 0 Å². The van der Waals surface area contributed by atoms with E-state index in [0.29, 0.717) is 5.92 Å². The number of nitrogens with one attached hydrogen (secondary N) is 1. The molecule has 0 aliphatic heterocycles. The molecule has 0 bridgehead atoms. The van der Waals surface area contributed by atoms with Crippen molar-refractivity contribution < 1.29 is 5.11 Å². The molecule has 0 aromatic heterocycles. The predicted molar refractivity (Wildman–Crippen MR) is 68.5 cm³/mol. The summed E-state index contributed by atoms with van der Waals surface area (Å²) in [7, 11) is 0. The fourth-order valence-corrected chi connectivity index (χ4v) is 1.67. The summed E-state index contributed by atoms with van der Waals surface area (Å²) in [6.07, 6.45) is 0.858. The number of rotatable bonds is 6. The van der Waals surface area contributed by atoms with Crippen molar-refractivity contribution in [2.24, 2.45) is 5.92 Å². The van der Waals surface area contributed by atoms with E-state index >= 15 is 0 Å². The van der Waals surface area contributed by atoms with Crippen LogP contribution in [0.2, 0.25) is 0 Å². The second kappa shape index (κ2) is 6.02. The summed E-state index contributed by atoms with van der Waals surface area (Å²) in [5.41, 5.74) is 1.04. The van der Waals surface area contributed by atoms with Crippen LogP contribution >= 0.6 is 0 Å². The lowest BCUT2D eigenvalue weighted by Gasteiger charge is -2.30. The fraction of sp³-hybridized carbons (Fsp3) is 0.571. The van der Waals surface area contributed by atoms with Crippen LogP contribution in [-0.4, -0.2) is 23.8 Å². The molecule has 0 saturated carbocycles. The van der Waals surface area contributed by atoms with Crippen LogP contribution < -0.4 is 5.32 Å². The molecule has 0 saturated heterocycles. The van der Waals surface area contributed by atoms with Gasteiger partial charge < -0.3 is 10.4 Å². The Morgan fingerprint density at radius 2 is 1.88 bits per heavy atom. The summed E-state index contributed by atoms with van der Waals surface area (Å²) in [6.45, 7) is 7.52. The van der Waals surface area contributed by atoms with Crippen LogP contribution in [0, 0.1) is 5.92 Å². The van der Waals surface area contributed by atoms with Crippen LogP contribution in [0.5, 0.6) is 0 Å². The highest BCUT2D eigenvalue weighted by atomic mass is 16.3. The number of hydrogen-bond acceptors (Lipinski definition) is 2. The highest BCUT2D eigenvalue weighted by Gasteiger charge is 2.23. The number of benzene rings is 1. The van der Waals surface area contributed by atoms with Gasteiger partial charge in [0.2, 0.25) is 0 Å². The Balaban J connectivity index is 2.59. The first-order valence-corrected chi connectivity index (χ1v) is 5.95. The highest BCUT2D eigenvalue weighted by molar-refractivity contribution is 5.17. The van der Waals surface area contributed by atoms with Crippen LogP contribution in [0.15, 0.2) is 30.3 Å². The maximum atomic E-state index is 9.50. The first-order chi connectivity index (χ1) is 7.56. The van der Waals surface area contributed by atoms with Gasteiger partial charge in [0.15, 0.2) is 0 Å². The average molecular weight is 221 g/mol. The third-order valence-corrected chi connectivity index (χ3v) is 2.72. The largest absolute Gasteiger partial charge is 0.394 e. The molecule has 1 unspecified atom stereocenters. The standard InChI is InChI=1S/C14H23NO/c1-12(2)10-15-14(3,11-16)9-13-7-5-4-6-8-13/h4-8,12,15-16H,9-11H2,1-3H3. The van der Waals surface area contributed by atoms with Gasteiger partial charge in [0.05, 0.1) is 6.61 Å². The fourth-order valence-electron chi connectivity index (χ4n) is 1.67. The van der Waals surface area contributed by atoms with Gasteiger partial charge >= 0.3 is 0 Å². The Labute approximate surface area is 98.7 Å². The summed E-state index contributed by atoms with van der Waals surface area (Å²) in [6, 6.07) is 10.3. The molecule has 2 heteroatoms. The molecule has 16 heavy (non-hydrogen) atoms. The lowest BCUT2D eigenvalue weighted by Crippen LogP contribution is -2.49. The first kappa shape index (κ1) is 13.2. The maximum absolute atomic E-state index is 9.50. The van der Waals surface area contributed by atoms with Gasteiger partial charge in [-0.05, 0) is 31.4 Å². The summed E-state index contributed by atoms with van der Waals surface area (Å²) >= 11 is 0. The molecule has 0 fully saturated rings. The third-order valence-electron chi connectivity index (χ3n) is 2.72. The number of aliphatic hydroxyl groups excluding tert-OH is 1. The van der Waals surface area contributed by atoms with Gasteiger partial charge in [-0.1, -0.05) is 44.2 Å². The minimum Gasteiger partial charge on any atom is -0.394 e. The van der Waals surface area contributed by atoms with Crippen LogP contribution in [0.25, 0.3) is 0 Å². The summed E-state index contributed by atoms with van der Waals surface area (Å²) in [5.74, 6) is 0.599. The van der Waals surface area contributed by atoms with Crippen LogP contribution in [-0.2, 0) is 6.42 Å². The number of hydrogen-bond donors (Lipinski definition) is 2. The Morgan fingerprint density at radius 1 is 1.25 bits per heavy atom. The Hall–Kier alpha value is -0.860. The zero-order valence-electron chi connectivity index (χ0n) is 10.5. The van der Waals surface area contributed by atoms with Crippen LogP contribution in [0.4, 0.5) is 0 Å². The molecule has 2 nitrogen and oxygen atoms in total. The van der Waals surface area contributed by atoms with Gasteiger partial charge in [0, 0.05) is 5.54 Å². The monoisotopic (exact) mass is 221 g/mol. The van der Waals surface area contributed by atoms with Crippen molar-refractivity contribution >= 4 is 0 Å². The molecule has 0 heterocycles. The van der Waals surface area contributed by atoms with E-state index in [4.69, 9.17) is 0 Å². The Kier molecular flexibility index (Phi) is 4.97. The molecule has 0 aliphatic rings. The molecule has 1 atom stereocenters. The van der Waals surface area contributed by atoms with Gasteiger partial charge in [-0.25, -0.2) is 0 Å². The van der Waals surface area contributed by atoms with E-state index in [1.807, 2.05) is 18.2 Å². The van der Waals surface area contributed by atoms with Crippen molar-refractivity contribution in [3.8, 4) is 0 Å². The quantitative estimate of drug-likeness (QED) is 0.772. The predicted octanol–water partition coefficient (Wildman–Crippen LogP) is 2.23. The second-order valence-corrected chi connectivity index (χ2v) is 5.16. The Morgan fingerprint density at radius 3 is 2.38 bits per heavy atom. The van der Waals surface area contributed by atoms with Crippen LogP contribution in [0.1, 0.15) is 26.3 Å². The van der Waals surface area contributed by atoms with Crippen LogP contribution in [0.3, 0.4) is 0 Å². The smallest absolute Gasteiger partial charge is 0.0613 e. The summed E-state index contributed by atoms with van der Waals surface area (Å²) < 4.78 is 0. The van der Waals surface area contributed by atoms with Crippen molar-refractivity contribution in [3.05, 3.63) is 35.9 Å². The van der Waals surface area contributed by atoms with E-state index in [9.17, 15) is 5.11 Å². The molecule has 90 valence electrons. The molecule has 0 spiro atoms. The van der Waals surface area contributed by atoms with E-state index in [1.54, 1.807) is 0 Å². The average Bonchev–Trinajstić information content (AvgIpc) is 2.28. The SMILES string of the molecule is CC(C)CNC(C)(CO)Cc1ccccc1. The molecule has 1 rings (SSSR count). The zero-order chi connectivity index (χ0) is 12.0. The van der Waals surface area contributed by atoms with E-state index in [1.165, 1.54) is 5.56 Å². The van der Waals surface area contributed by atoms with Crippen molar-refractivity contribution in [2.75, 3.05) is 13.2 Å². The van der Waals surface area contributed by atoms with Crippen molar-refractivity contribution in [2.45, 2.75) is 32.7 Å². The molecular weight excluding hydrogens is 198 g/mol. The van der Waals surface area contributed by atoms with E-state index in [0.717, 1.165) is 13.0 Å². The second-order valence-electron chi connectivity index (χ2n) is 5.16. The normalized spacial score (nSPS) is 15.1. The molecule has 1 aromatic rings. The van der Waals surface area contributed by atoms with Gasteiger partial charge in [0.25, 0.3) is 0 Å². The van der Waals surface area contributed by atoms with Crippen molar-refractivity contribution in [3.63, 3.8) is 0 Å². The van der Waals surface area contributed by atoms with E-state index in [2.05, 4.69) is 38.2 Å². The number of aliphatic hydroxyl groups is 1. The molecule has 1 aromatic carbocycles. The lowest BCUT2D eigenvalue weighted by molar-refractivity contribution is 0.170. The maximum Gasteiger partial charge on any atom is 0.0613 e. The summed E-state index contributed by atoms with van der Waals surface area (Å²) in [5, 5.41) is 12.9. The molecule has 0 aliphatic carbocycles. The topological polar surface area (TPSA) is 32.3 Å². The molecular formula is C14H23NO.